The van der Waals surface area contributed by atoms with Gasteiger partial charge in [-0.2, -0.15) is 0 Å². The average Bonchev–Trinajstić information content (AvgIpc) is 2.93. The van der Waals surface area contributed by atoms with Crippen LogP contribution in [0, 0.1) is 5.92 Å². The molecule has 1 amide bonds. The number of nitrogens with one attached hydrogen (secondary N) is 1. The highest BCUT2D eigenvalue weighted by atomic mass is 16.5. The van der Waals surface area contributed by atoms with Gasteiger partial charge in [0, 0.05) is 25.3 Å². The molecule has 104 valence electrons. The molecule has 1 aromatic rings. The Morgan fingerprint density at radius 2 is 2.26 bits per heavy atom. The van der Waals surface area contributed by atoms with Crippen LogP contribution in [-0.2, 0) is 11.2 Å². The maximum Gasteiger partial charge on any atom is 0.251 e. The lowest BCUT2D eigenvalue weighted by Crippen LogP contribution is -2.27. The molecule has 1 unspecified atom stereocenters. The Morgan fingerprint density at radius 1 is 1.42 bits per heavy atom. The van der Waals surface area contributed by atoms with E-state index >= 15 is 0 Å². The first-order valence-corrected chi connectivity index (χ1v) is 6.95. The van der Waals surface area contributed by atoms with Crippen LogP contribution in [0.2, 0.25) is 0 Å². The van der Waals surface area contributed by atoms with Crippen LogP contribution < -0.4 is 11.1 Å². The predicted octanol–water partition coefficient (Wildman–Crippen LogP) is 1.34. The van der Waals surface area contributed by atoms with E-state index in [0.717, 1.165) is 43.6 Å². The molecule has 19 heavy (non-hydrogen) atoms. The Morgan fingerprint density at radius 3 is 3.00 bits per heavy atom. The minimum Gasteiger partial charge on any atom is -0.381 e. The molecule has 2 rings (SSSR count). The largest absolute Gasteiger partial charge is 0.381 e. The third-order valence-electron chi connectivity index (χ3n) is 3.54. The molecular weight excluding hydrogens is 240 g/mol. The van der Waals surface area contributed by atoms with E-state index in [-0.39, 0.29) is 5.91 Å². The lowest BCUT2D eigenvalue weighted by atomic mass is 10.0. The maximum atomic E-state index is 12.1. The summed E-state index contributed by atoms with van der Waals surface area (Å²) >= 11 is 0. The normalized spacial score (nSPS) is 18.5. The van der Waals surface area contributed by atoms with Crippen LogP contribution in [0.1, 0.15) is 28.8 Å². The van der Waals surface area contributed by atoms with Gasteiger partial charge >= 0.3 is 0 Å². The molecule has 1 fully saturated rings. The number of carbonyl (C=O) groups excluding carboxylic acids is 1. The molecule has 0 bridgehead atoms. The van der Waals surface area contributed by atoms with Gasteiger partial charge in [0.25, 0.3) is 5.91 Å². The Labute approximate surface area is 114 Å². The molecule has 0 aromatic heterocycles. The molecule has 4 heteroatoms. The van der Waals surface area contributed by atoms with E-state index in [1.165, 1.54) is 0 Å². The van der Waals surface area contributed by atoms with Crippen molar-refractivity contribution in [1.82, 2.24) is 5.32 Å². The number of carbonyl (C=O) groups is 1. The second-order valence-electron chi connectivity index (χ2n) is 4.97. The van der Waals surface area contributed by atoms with Gasteiger partial charge < -0.3 is 15.8 Å². The van der Waals surface area contributed by atoms with E-state index in [0.29, 0.717) is 19.0 Å². The van der Waals surface area contributed by atoms with Crippen molar-refractivity contribution in [2.75, 3.05) is 26.3 Å². The van der Waals surface area contributed by atoms with E-state index < -0.39 is 0 Å². The molecule has 0 spiro atoms. The van der Waals surface area contributed by atoms with E-state index in [1.807, 2.05) is 24.3 Å². The molecule has 1 heterocycles. The van der Waals surface area contributed by atoms with E-state index in [1.54, 1.807) is 0 Å². The number of hydrogen-bond acceptors (Lipinski definition) is 3. The van der Waals surface area contributed by atoms with Crippen molar-refractivity contribution < 1.29 is 9.53 Å². The van der Waals surface area contributed by atoms with Crippen LogP contribution in [0.3, 0.4) is 0 Å². The van der Waals surface area contributed by atoms with Gasteiger partial charge in [-0.3, -0.25) is 4.79 Å². The number of nitrogens with two attached hydrogens (primary N) is 1. The zero-order valence-electron chi connectivity index (χ0n) is 11.2. The van der Waals surface area contributed by atoms with Crippen LogP contribution in [0.15, 0.2) is 24.3 Å². The van der Waals surface area contributed by atoms with Gasteiger partial charge in [-0.05, 0) is 43.4 Å². The molecule has 0 saturated carbocycles. The molecule has 4 nitrogen and oxygen atoms in total. The minimum atomic E-state index is 0.00275. The van der Waals surface area contributed by atoms with Gasteiger partial charge in [-0.1, -0.05) is 18.2 Å². The summed E-state index contributed by atoms with van der Waals surface area (Å²) < 4.78 is 5.32. The van der Waals surface area contributed by atoms with E-state index in [2.05, 4.69) is 5.32 Å². The first-order valence-electron chi connectivity index (χ1n) is 6.95. The Kier molecular flexibility index (Phi) is 5.36. The predicted molar refractivity (Wildman–Crippen MR) is 75.1 cm³/mol. The Bertz CT molecular complexity index is 414. The molecule has 1 aromatic carbocycles. The van der Waals surface area contributed by atoms with E-state index in [4.69, 9.17) is 10.5 Å². The number of benzene rings is 1. The van der Waals surface area contributed by atoms with Gasteiger partial charge in [-0.15, -0.1) is 0 Å². The monoisotopic (exact) mass is 262 g/mol. The van der Waals surface area contributed by atoms with Gasteiger partial charge in [-0.25, -0.2) is 0 Å². The fourth-order valence-corrected chi connectivity index (χ4v) is 2.41. The van der Waals surface area contributed by atoms with Crippen molar-refractivity contribution in [3.8, 4) is 0 Å². The molecule has 3 N–H and O–H groups in total. The summed E-state index contributed by atoms with van der Waals surface area (Å²) in [6.07, 6.45) is 2.84. The quantitative estimate of drug-likeness (QED) is 0.813. The van der Waals surface area contributed by atoms with Crippen LogP contribution >= 0.6 is 0 Å². The van der Waals surface area contributed by atoms with E-state index in [9.17, 15) is 4.79 Å². The SMILES string of the molecule is NCCc1ccccc1C(=O)NCCC1CCOC1. The highest BCUT2D eigenvalue weighted by molar-refractivity contribution is 5.95. The van der Waals surface area contributed by atoms with Gasteiger partial charge in [0.1, 0.15) is 0 Å². The lowest BCUT2D eigenvalue weighted by Gasteiger charge is -2.11. The third kappa shape index (κ3) is 4.04. The first kappa shape index (κ1) is 14.0. The summed E-state index contributed by atoms with van der Waals surface area (Å²) in [5, 5.41) is 2.99. The first-order chi connectivity index (χ1) is 9.31. The number of hydrogen-bond donors (Lipinski definition) is 2. The van der Waals surface area contributed by atoms with Crippen LogP contribution in [0.25, 0.3) is 0 Å². The molecule has 1 saturated heterocycles. The lowest BCUT2D eigenvalue weighted by molar-refractivity contribution is 0.0949. The second kappa shape index (κ2) is 7.26. The van der Waals surface area contributed by atoms with Crippen molar-refractivity contribution in [1.29, 1.82) is 0 Å². The zero-order valence-corrected chi connectivity index (χ0v) is 11.2. The molecule has 1 atom stereocenters. The second-order valence-corrected chi connectivity index (χ2v) is 4.97. The summed E-state index contributed by atoms with van der Waals surface area (Å²) in [5.41, 5.74) is 7.33. The van der Waals surface area contributed by atoms with Gasteiger partial charge in [0.2, 0.25) is 0 Å². The molecule has 1 aliphatic heterocycles. The number of amides is 1. The summed E-state index contributed by atoms with van der Waals surface area (Å²) in [6.45, 7) is 2.96. The Hall–Kier alpha value is -1.39. The van der Waals surface area contributed by atoms with Crippen molar-refractivity contribution >= 4 is 5.91 Å². The van der Waals surface area contributed by atoms with Gasteiger partial charge in [0.15, 0.2) is 0 Å². The zero-order chi connectivity index (χ0) is 13.5. The van der Waals surface area contributed by atoms with Crippen molar-refractivity contribution in [3.05, 3.63) is 35.4 Å². The summed E-state index contributed by atoms with van der Waals surface area (Å²) in [5.74, 6) is 0.600. The summed E-state index contributed by atoms with van der Waals surface area (Å²) in [6, 6.07) is 7.66. The van der Waals surface area contributed by atoms with Crippen LogP contribution in [0.4, 0.5) is 0 Å². The third-order valence-corrected chi connectivity index (χ3v) is 3.54. The molecular formula is C15H22N2O2. The number of rotatable bonds is 6. The van der Waals surface area contributed by atoms with Crippen LogP contribution in [0.5, 0.6) is 0 Å². The summed E-state index contributed by atoms with van der Waals surface area (Å²) in [4.78, 5) is 12.1. The van der Waals surface area contributed by atoms with Crippen molar-refractivity contribution in [2.45, 2.75) is 19.3 Å². The maximum absolute atomic E-state index is 12.1. The average molecular weight is 262 g/mol. The van der Waals surface area contributed by atoms with Crippen molar-refractivity contribution in [3.63, 3.8) is 0 Å². The smallest absolute Gasteiger partial charge is 0.251 e. The molecule has 0 radical (unpaired) electrons. The van der Waals surface area contributed by atoms with Crippen molar-refractivity contribution in [2.24, 2.45) is 11.7 Å². The fourth-order valence-electron chi connectivity index (χ4n) is 2.41. The van der Waals surface area contributed by atoms with Gasteiger partial charge in [0.05, 0.1) is 0 Å². The highest BCUT2D eigenvalue weighted by Crippen LogP contribution is 2.15. The highest BCUT2D eigenvalue weighted by Gasteiger charge is 2.16. The number of ether oxygens (including phenoxy) is 1. The standard InChI is InChI=1S/C15H22N2O2/c16-8-5-13-3-1-2-4-14(13)15(18)17-9-6-12-7-10-19-11-12/h1-4,12H,5-11,16H2,(H,17,18). The van der Waals surface area contributed by atoms with Crippen LogP contribution in [-0.4, -0.2) is 32.2 Å². The Balaban J connectivity index is 1.84. The molecule has 0 aliphatic carbocycles. The molecule has 1 aliphatic rings. The topological polar surface area (TPSA) is 64.4 Å². The minimum absolute atomic E-state index is 0.00275. The fraction of sp³-hybridized carbons (Fsp3) is 0.533. The summed E-state index contributed by atoms with van der Waals surface area (Å²) in [7, 11) is 0.